The minimum atomic E-state index is -0.384. The van der Waals surface area contributed by atoms with Gasteiger partial charge in [0.1, 0.15) is 0 Å². The first-order valence-corrected chi connectivity index (χ1v) is 7.03. The van der Waals surface area contributed by atoms with E-state index in [-0.39, 0.29) is 28.6 Å². The molecule has 0 radical (unpaired) electrons. The molecule has 0 saturated heterocycles. The highest BCUT2D eigenvalue weighted by Crippen LogP contribution is 2.23. The minimum Gasteiger partial charge on any atom is -0.345 e. The molecule has 0 aliphatic carbocycles. The van der Waals surface area contributed by atoms with Crippen LogP contribution >= 0.6 is 0 Å². The normalized spacial score (nSPS) is 13.6. The summed E-state index contributed by atoms with van der Waals surface area (Å²) >= 11 is 0. The van der Waals surface area contributed by atoms with E-state index in [0.717, 1.165) is 5.56 Å². The van der Waals surface area contributed by atoms with Gasteiger partial charge in [-0.1, -0.05) is 12.1 Å². The fourth-order valence-corrected chi connectivity index (χ4v) is 2.12. The number of rotatable bonds is 6. The zero-order chi connectivity index (χ0) is 16.2. The number of carbonyl (C=O) groups excluding carboxylic acids is 1. The lowest BCUT2D eigenvalue weighted by molar-refractivity contribution is -0.385. The van der Waals surface area contributed by atoms with Gasteiger partial charge in [-0.15, -0.1) is 0 Å². The van der Waals surface area contributed by atoms with Gasteiger partial charge in [-0.25, -0.2) is 0 Å². The maximum absolute atomic E-state index is 12.0. The molecule has 0 spiro atoms. The molecule has 116 valence electrons. The van der Waals surface area contributed by atoms with Crippen LogP contribution in [-0.2, 0) is 4.79 Å². The van der Waals surface area contributed by atoms with Gasteiger partial charge in [0.25, 0.3) is 5.69 Å². The van der Waals surface area contributed by atoms with Gasteiger partial charge in [-0.3, -0.25) is 20.2 Å². The predicted octanol–water partition coefficient (Wildman–Crippen LogP) is 2.42. The molecule has 2 atom stereocenters. The van der Waals surface area contributed by atoms with Gasteiger partial charge < -0.3 is 4.90 Å². The topological polar surface area (TPSA) is 75.5 Å². The second kappa shape index (κ2) is 7.17. The molecule has 1 amide bonds. The third-order valence-corrected chi connectivity index (χ3v) is 3.65. The smallest absolute Gasteiger partial charge is 0.272 e. The first-order chi connectivity index (χ1) is 9.77. The summed E-state index contributed by atoms with van der Waals surface area (Å²) in [5, 5.41) is 14.2. The van der Waals surface area contributed by atoms with Crippen molar-refractivity contribution in [2.75, 3.05) is 13.6 Å². The molecule has 1 aromatic rings. The van der Waals surface area contributed by atoms with Crippen LogP contribution in [0.15, 0.2) is 18.2 Å². The fraction of sp³-hybridized carbons (Fsp3) is 0.533. The quantitative estimate of drug-likeness (QED) is 0.645. The van der Waals surface area contributed by atoms with Crippen molar-refractivity contribution in [1.82, 2.24) is 10.2 Å². The first kappa shape index (κ1) is 17.1. The fourth-order valence-electron chi connectivity index (χ4n) is 2.12. The molecule has 1 aromatic carbocycles. The second-order valence-electron chi connectivity index (χ2n) is 5.27. The zero-order valence-corrected chi connectivity index (χ0v) is 13.2. The molecule has 0 bridgehead atoms. The number of nitro benzene ring substituents is 1. The van der Waals surface area contributed by atoms with E-state index in [1.807, 2.05) is 19.9 Å². The van der Waals surface area contributed by atoms with E-state index in [1.165, 1.54) is 0 Å². The molecule has 0 heterocycles. The Hall–Kier alpha value is -1.95. The Morgan fingerprint density at radius 3 is 2.57 bits per heavy atom. The van der Waals surface area contributed by atoms with Crippen LogP contribution in [0.2, 0.25) is 0 Å². The highest BCUT2D eigenvalue weighted by atomic mass is 16.6. The Bertz CT molecular complexity index is 531. The number of benzene rings is 1. The summed E-state index contributed by atoms with van der Waals surface area (Å²) in [5.41, 5.74) is 1.53. The van der Waals surface area contributed by atoms with E-state index in [4.69, 9.17) is 0 Å². The summed E-state index contributed by atoms with van der Waals surface area (Å²) in [6.07, 6.45) is 0. The van der Waals surface area contributed by atoms with E-state index in [2.05, 4.69) is 5.32 Å². The lowest BCUT2D eigenvalue weighted by Crippen LogP contribution is -2.43. The van der Waals surface area contributed by atoms with Crippen molar-refractivity contribution >= 4 is 11.6 Å². The largest absolute Gasteiger partial charge is 0.345 e. The van der Waals surface area contributed by atoms with Crippen molar-refractivity contribution in [3.05, 3.63) is 39.4 Å². The maximum atomic E-state index is 12.0. The number of hydrogen-bond acceptors (Lipinski definition) is 4. The molecule has 6 heteroatoms. The lowest BCUT2D eigenvalue weighted by atomic mass is 10.0. The number of nitro groups is 1. The zero-order valence-electron chi connectivity index (χ0n) is 13.2. The number of nitrogens with zero attached hydrogens (tertiary/aromatic N) is 2. The third-order valence-electron chi connectivity index (χ3n) is 3.65. The number of aryl methyl sites for hydroxylation is 1. The van der Waals surface area contributed by atoms with Gasteiger partial charge in [0.05, 0.1) is 11.0 Å². The average molecular weight is 293 g/mol. The van der Waals surface area contributed by atoms with Crippen LogP contribution in [0.5, 0.6) is 0 Å². The molecule has 0 fully saturated rings. The van der Waals surface area contributed by atoms with E-state index >= 15 is 0 Å². The molecule has 0 aliphatic heterocycles. The van der Waals surface area contributed by atoms with E-state index in [0.29, 0.717) is 12.1 Å². The van der Waals surface area contributed by atoms with Gasteiger partial charge in [0.15, 0.2) is 0 Å². The molecule has 0 aromatic heterocycles. The summed E-state index contributed by atoms with van der Waals surface area (Å²) in [5.74, 6) is 0.00552. The molecular weight excluding hydrogens is 270 g/mol. The molecular formula is C15H23N3O3. The van der Waals surface area contributed by atoms with Crippen LogP contribution in [-0.4, -0.2) is 35.4 Å². The summed E-state index contributed by atoms with van der Waals surface area (Å²) in [7, 11) is 1.75. The van der Waals surface area contributed by atoms with Crippen LogP contribution in [0.1, 0.15) is 37.9 Å². The van der Waals surface area contributed by atoms with Gasteiger partial charge >= 0.3 is 0 Å². The van der Waals surface area contributed by atoms with Crippen molar-refractivity contribution < 1.29 is 9.72 Å². The summed E-state index contributed by atoms with van der Waals surface area (Å²) in [6.45, 7) is 7.96. The van der Waals surface area contributed by atoms with Gasteiger partial charge in [-0.05, 0) is 33.3 Å². The van der Waals surface area contributed by atoms with E-state index in [9.17, 15) is 14.9 Å². The average Bonchev–Trinajstić information content (AvgIpc) is 2.45. The Morgan fingerprint density at radius 1 is 1.43 bits per heavy atom. The standard InChI is InChI=1S/C15H23N3O3/c1-6-17(5)15(19)12(4)16-11(3)13-8-7-10(2)14(9-13)18(20)21/h7-9,11-12,16H,6H2,1-5H3. The molecule has 21 heavy (non-hydrogen) atoms. The first-order valence-electron chi connectivity index (χ1n) is 7.03. The van der Waals surface area contributed by atoms with Crippen molar-refractivity contribution in [3.63, 3.8) is 0 Å². The Labute approximate surface area is 125 Å². The molecule has 0 saturated carbocycles. The van der Waals surface area contributed by atoms with Crippen molar-refractivity contribution in [3.8, 4) is 0 Å². The SMILES string of the molecule is CCN(C)C(=O)C(C)NC(C)c1ccc(C)c([N+](=O)[O-])c1. The van der Waals surface area contributed by atoms with Crippen LogP contribution in [0, 0.1) is 17.0 Å². The summed E-state index contributed by atoms with van der Waals surface area (Å²) in [4.78, 5) is 24.3. The number of likely N-dealkylation sites (N-methyl/N-ethyl adjacent to an activating group) is 1. The van der Waals surface area contributed by atoms with Gasteiger partial charge in [-0.2, -0.15) is 0 Å². The van der Waals surface area contributed by atoms with Crippen molar-refractivity contribution in [2.45, 2.75) is 39.8 Å². The number of nitrogens with one attached hydrogen (secondary N) is 1. The minimum absolute atomic E-state index is 0.00552. The third kappa shape index (κ3) is 4.26. The number of amides is 1. The highest BCUT2D eigenvalue weighted by molar-refractivity contribution is 5.81. The van der Waals surface area contributed by atoms with Crippen molar-refractivity contribution in [2.24, 2.45) is 0 Å². The van der Waals surface area contributed by atoms with Gasteiger partial charge in [0, 0.05) is 31.3 Å². The highest BCUT2D eigenvalue weighted by Gasteiger charge is 2.20. The van der Waals surface area contributed by atoms with Crippen LogP contribution in [0.25, 0.3) is 0 Å². The maximum Gasteiger partial charge on any atom is 0.272 e. The summed E-state index contributed by atoms with van der Waals surface area (Å²) < 4.78 is 0. The molecule has 2 unspecified atom stereocenters. The molecule has 0 aliphatic rings. The summed E-state index contributed by atoms with van der Waals surface area (Å²) in [6, 6.07) is 4.66. The van der Waals surface area contributed by atoms with Crippen LogP contribution < -0.4 is 5.32 Å². The van der Waals surface area contributed by atoms with Gasteiger partial charge in [0.2, 0.25) is 5.91 Å². The number of hydrogen-bond donors (Lipinski definition) is 1. The molecule has 1 N–H and O–H groups in total. The monoisotopic (exact) mass is 293 g/mol. The molecule has 1 rings (SSSR count). The van der Waals surface area contributed by atoms with Crippen molar-refractivity contribution in [1.29, 1.82) is 0 Å². The lowest BCUT2D eigenvalue weighted by Gasteiger charge is -2.24. The Kier molecular flexibility index (Phi) is 5.84. The second-order valence-corrected chi connectivity index (χ2v) is 5.27. The predicted molar refractivity (Wildman–Crippen MR) is 82.2 cm³/mol. The Balaban J connectivity index is 2.85. The molecule has 6 nitrogen and oxygen atoms in total. The number of carbonyl (C=O) groups is 1. The van der Waals surface area contributed by atoms with E-state index < -0.39 is 0 Å². The van der Waals surface area contributed by atoms with E-state index in [1.54, 1.807) is 37.9 Å². The Morgan fingerprint density at radius 2 is 2.05 bits per heavy atom. The van der Waals surface area contributed by atoms with Crippen LogP contribution in [0.4, 0.5) is 5.69 Å². The van der Waals surface area contributed by atoms with Crippen LogP contribution in [0.3, 0.4) is 0 Å².